The van der Waals surface area contributed by atoms with E-state index in [1.165, 1.54) is 4.57 Å². The molecule has 2 heterocycles. The number of rotatable bonds is 6. The number of aryl methyl sites for hydroxylation is 1. The minimum atomic E-state index is -0.346. The Morgan fingerprint density at radius 2 is 1.87 bits per heavy atom. The number of hydrogen-bond acceptors (Lipinski definition) is 3. The van der Waals surface area contributed by atoms with Crippen molar-refractivity contribution in [2.75, 3.05) is 5.32 Å². The topological polar surface area (TPSA) is 96.7 Å². The molecule has 0 aliphatic rings. The Kier molecular flexibility index (Phi) is 5.47. The van der Waals surface area contributed by atoms with Gasteiger partial charge in [0.2, 0.25) is 0 Å². The van der Waals surface area contributed by atoms with Crippen molar-refractivity contribution < 1.29 is 4.79 Å². The molecule has 30 heavy (non-hydrogen) atoms. The predicted molar refractivity (Wildman–Crippen MR) is 115 cm³/mol. The van der Waals surface area contributed by atoms with Gasteiger partial charge in [-0.1, -0.05) is 36.4 Å². The van der Waals surface area contributed by atoms with E-state index in [2.05, 4.69) is 20.6 Å². The van der Waals surface area contributed by atoms with Crippen molar-refractivity contribution in [1.82, 2.24) is 24.4 Å². The summed E-state index contributed by atoms with van der Waals surface area (Å²) in [6, 6.07) is 14.8. The summed E-state index contributed by atoms with van der Waals surface area (Å²) >= 11 is 0. The summed E-state index contributed by atoms with van der Waals surface area (Å²) in [6.07, 6.45) is 7.04. The molecule has 3 N–H and O–H groups in total. The summed E-state index contributed by atoms with van der Waals surface area (Å²) in [5.41, 5.74) is 3.78. The minimum Gasteiger partial charge on any atom is -0.334 e. The van der Waals surface area contributed by atoms with Crippen LogP contribution in [0, 0.1) is 6.92 Å². The van der Waals surface area contributed by atoms with Crippen molar-refractivity contribution in [3.05, 3.63) is 101 Å². The Morgan fingerprint density at radius 3 is 2.60 bits per heavy atom. The number of imidazole rings is 2. The fourth-order valence-electron chi connectivity index (χ4n) is 3.33. The third-order valence-electron chi connectivity index (χ3n) is 4.82. The lowest BCUT2D eigenvalue weighted by Gasteiger charge is -2.14. The molecule has 152 valence electrons. The van der Waals surface area contributed by atoms with Crippen LogP contribution < -0.4 is 16.3 Å². The molecule has 4 aromatic rings. The fraction of sp³-hybridized carbons (Fsp3) is 0.136. The molecule has 0 fully saturated rings. The molecule has 0 aliphatic carbocycles. The number of benzene rings is 2. The number of anilines is 1. The molecule has 2 aromatic carbocycles. The van der Waals surface area contributed by atoms with Crippen LogP contribution in [-0.2, 0) is 13.1 Å². The second-order valence-electron chi connectivity index (χ2n) is 6.90. The van der Waals surface area contributed by atoms with E-state index in [0.29, 0.717) is 24.5 Å². The van der Waals surface area contributed by atoms with E-state index in [1.807, 2.05) is 54.1 Å². The number of amides is 2. The smallest absolute Gasteiger partial charge is 0.330 e. The van der Waals surface area contributed by atoms with Gasteiger partial charge in [0.1, 0.15) is 0 Å². The van der Waals surface area contributed by atoms with E-state index < -0.39 is 0 Å². The highest BCUT2D eigenvalue weighted by atomic mass is 16.2. The van der Waals surface area contributed by atoms with E-state index in [0.717, 1.165) is 16.8 Å². The Balaban J connectivity index is 1.47. The number of nitrogens with one attached hydrogen (secondary N) is 3. The maximum Gasteiger partial charge on any atom is 0.330 e. The van der Waals surface area contributed by atoms with Crippen LogP contribution in [0.5, 0.6) is 0 Å². The average Bonchev–Trinajstić information content (AvgIpc) is 3.37. The van der Waals surface area contributed by atoms with E-state index in [4.69, 9.17) is 0 Å². The van der Waals surface area contributed by atoms with E-state index in [9.17, 15) is 9.59 Å². The standard InChI is InChI=1S/C22H22N6O2/c1-16-12-25-22(30)28(16)20-9-5-4-8-19(20)26-21(29)24-13-17-6-2-3-7-18(17)14-27-11-10-23-15-27/h2-12,15H,13-14H2,1H3,(H,25,30)(H2,24,26,29). The van der Waals surface area contributed by atoms with Gasteiger partial charge in [0.05, 0.1) is 17.7 Å². The van der Waals surface area contributed by atoms with Gasteiger partial charge in [-0.25, -0.2) is 14.6 Å². The average molecular weight is 402 g/mol. The Labute approximate surface area is 173 Å². The van der Waals surface area contributed by atoms with Crippen LogP contribution in [0.2, 0.25) is 0 Å². The van der Waals surface area contributed by atoms with Gasteiger partial charge in [-0.3, -0.25) is 4.57 Å². The van der Waals surface area contributed by atoms with Crippen molar-refractivity contribution in [3.63, 3.8) is 0 Å². The van der Waals surface area contributed by atoms with Crippen molar-refractivity contribution in [2.24, 2.45) is 0 Å². The normalized spacial score (nSPS) is 10.7. The zero-order valence-corrected chi connectivity index (χ0v) is 16.5. The molecule has 2 amide bonds. The number of para-hydroxylation sites is 2. The third kappa shape index (κ3) is 4.17. The Hall–Kier alpha value is -4.07. The summed E-state index contributed by atoms with van der Waals surface area (Å²) in [4.78, 5) is 31.4. The number of hydrogen-bond donors (Lipinski definition) is 3. The van der Waals surface area contributed by atoms with Gasteiger partial charge >= 0.3 is 11.7 Å². The number of aromatic amines is 1. The van der Waals surface area contributed by atoms with Crippen LogP contribution in [0.3, 0.4) is 0 Å². The zero-order chi connectivity index (χ0) is 20.9. The first-order valence-corrected chi connectivity index (χ1v) is 9.55. The summed E-state index contributed by atoms with van der Waals surface area (Å²) in [6.45, 7) is 2.88. The number of carbonyl (C=O) groups excluding carboxylic acids is 1. The van der Waals surface area contributed by atoms with E-state index in [1.54, 1.807) is 30.9 Å². The number of H-pyrrole nitrogens is 1. The molecule has 0 aliphatic heterocycles. The van der Waals surface area contributed by atoms with Crippen LogP contribution in [0.25, 0.3) is 5.69 Å². The van der Waals surface area contributed by atoms with Gasteiger partial charge in [-0.05, 0) is 30.2 Å². The largest absolute Gasteiger partial charge is 0.334 e. The van der Waals surface area contributed by atoms with E-state index >= 15 is 0 Å². The molecule has 4 rings (SSSR count). The van der Waals surface area contributed by atoms with Crippen molar-refractivity contribution in [1.29, 1.82) is 0 Å². The molecule has 0 atom stereocenters. The molecule has 2 aromatic heterocycles. The Morgan fingerprint density at radius 1 is 1.10 bits per heavy atom. The summed E-state index contributed by atoms with van der Waals surface area (Å²) < 4.78 is 3.50. The van der Waals surface area contributed by atoms with Crippen LogP contribution in [0.15, 0.2) is 78.2 Å². The lowest BCUT2D eigenvalue weighted by atomic mass is 10.1. The van der Waals surface area contributed by atoms with Gasteiger partial charge in [-0.2, -0.15) is 0 Å². The molecule has 0 bridgehead atoms. The summed E-state index contributed by atoms with van der Waals surface area (Å²) in [7, 11) is 0. The zero-order valence-electron chi connectivity index (χ0n) is 16.5. The molecule has 0 radical (unpaired) electrons. The van der Waals surface area contributed by atoms with Crippen LogP contribution >= 0.6 is 0 Å². The number of aromatic nitrogens is 4. The number of urea groups is 1. The monoisotopic (exact) mass is 402 g/mol. The minimum absolute atomic E-state index is 0.254. The first kappa shape index (κ1) is 19.3. The molecule has 8 nitrogen and oxygen atoms in total. The van der Waals surface area contributed by atoms with Crippen LogP contribution in [0.1, 0.15) is 16.8 Å². The van der Waals surface area contributed by atoms with Crippen LogP contribution in [0.4, 0.5) is 10.5 Å². The predicted octanol–water partition coefficient (Wildman–Crippen LogP) is 3.04. The lowest BCUT2D eigenvalue weighted by molar-refractivity contribution is 0.251. The third-order valence-corrected chi connectivity index (χ3v) is 4.82. The highest BCUT2D eigenvalue weighted by Crippen LogP contribution is 2.20. The van der Waals surface area contributed by atoms with Gasteiger partial charge in [0, 0.05) is 37.4 Å². The quantitative estimate of drug-likeness (QED) is 0.462. The van der Waals surface area contributed by atoms with Gasteiger partial charge < -0.3 is 20.2 Å². The summed E-state index contributed by atoms with van der Waals surface area (Å²) in [5.74, 6) is 0. The number of nitrogens with zero attached hydrogens (tertiary/aromatic N) is 3. The SMILES string of the molecule is Cc1c[nH]c(=O)n1-c1ccccc1NC(=O)NCc1ccccc1Cn1ccnc1. The van der Waals surface area contributed by atoms with Crippen molar-refractivity contribution in [3.8, 4) is 5.69 Å². The van der Waals surface area contributed by atoms with Crippen molar-refractivity contribution in [2.45, 2.75) is 20.0 Å². The summed E-state index contributed by atoms with van der Waals surface area (Å²) in [5, 5.41) is 5.75. The fourth-order valence-corrected chi connectivity index (χ4v) is 3.33. The highest BCUT2D eigenvalue weighted by molar-refractivity contribution is 5.91. The van der Waals surface area contributed by atoms with Crippen LogP contribution in [-0.4, -0.2) is 25.1 Å². The molecule has 8 heteroatoms. The second-order valence-corrected chi connectivity index (χ2v) is 6.90. The molecule has 0 saturated carbocycles. The first-order valence-electron chi connectivity index (χ1n) is 9.55. The molecule has 0 unspecified atom stereocenters. The highest BCUT2D eigenvalue weighted by Gasteiger charge is 2.12. The Bertz CT molecular complexity index is 1210. The lowest BCUT2D eigenvalue weighted by Crippen LogP contribution is -2.29. The van der Waals surface area contributed by atoms with E-state index in [-0.39, 0.29) is 11.7 Å². The van der Waals surface area contributed by atoms with Gasteiger partial charge in [0.25, 0.3) is 0 Å². The second kappa shape index (κ2) is 8.52. The first-order chi connectivity index (χ1) is 14.6. The molecular formula is C22H22N6O2. The molecule has 0 saturated heterocycles. The van der Waals surface area contributed by atoms with Gasteiger partial charge in [-0.15, -0.1) is 0 Å². The molecular weight excluding hydrogens is 380 g/mol. The number of carbonyl (C=O) groups is 1. The van der Waals surface area contributed by atoms with Gasteiger partial charge in [0.15, 0.2) is 0 Å². The maximum atomic E-state index is 12.6. The molecule has 0 spiro atoms. The maximum absolute atomic E-state index is 12.6. The van der Waals surface area contributed by atoms with Crippen molar-refractivity contribution >= 4 is 11.7 Å².